The molecule has 0 aromatic heterocycles. The molecule has 0 atom stereocenters. The summed E-state index contributed by atoms with van der Waals surface area (Å²) in [6.45, 7) is 41.5. The monoisotopic (exact) mass is 735 g/mol. The zero-order valence-electron chi connectivity index (χ0n) is 37.6. The number of rotatable bonds is 6. The molecule has 0 unspecified atom stereocenters. The molecule has 0 fully saturated rings. The van der Waals surface area contributed by atoms with Gasteiger partial charge in [-0.05, 0) is 141 Å². The molecule has 2 heteroatoms. The van der Waals surface area contributed by atoms with E-state index in [9.17, 15) is 0 Å². The maximum atomic E-state index is 2.53. The van der Waals surface area contributed by atoms with Crippen LogP contribution >= 0.6 is 0 Å². The standard InChI is InChI=1S/C53H70N2/c1-35-19-21-40(51(10,11)12)31-45(35)54(43-27-23-38(24-28-43)49(4,5)6)47-33-42(53(16,17)18)34-48(37(47)3)55(44-29-25-39(26-30-44)50(7,8)9)46-32-41(52(13,14)15)22-20-36(46)2/h19-34H,1-18H3. The minimum atomic E-state index is -0.106. The second-order valence-corrected chi connectivity index (χ2v) is 21.2. The Bertz CT molecular complexity index is 1980. The van der Waals surface area contributed by atoms with Crippen LogP contribution in [0.1, 0.15) is 148 Å². The van der Waals surface area contributed by atoms with E-state index in [0.717, 1.165) is 11.4 Å². The average Bonchev–Trinajstić information content (AvgIpc) is 3.06. The molecule has 0 radical (unpaired) electrons. The van der Waals surface area contributed by atoms with Crippen molar-refractivity contribution in [3.05, 3.63) is 142 Å². The lowest BCUT2D eigenvalue weighted by molar-refractivity contribution is 0.589. The number of benzene rings is 5. The molecule has 0 spiro atoms. The third-order valence-electron chi connectivity index (χ3n) is 11.3. The number of anilines is 6. The van der Waals surface area contributed by atoms with E-state index in [1.165, 1.54) is 67.3 Å². The van der Waals surface area contributed by atoms with Crippen molar-refractivity contribution in [2.75, 3.05) is 9.80 Å². The minimum absolute atomic E-state index is 0.00326. The fourth-order valence-electron chi connectivity index (χ4n) is 7.25. The Morgan fingerprint density at radius 3 is 0.818 bits per heavy atom. The van der Waals surface area contributed by atoms with Crippen molar-refractivity contribution in [2.45, 2.75) is 152 Å². The van der Waals surface area contributed by atoms with E-state index < -0.39 is 0 Å². The molecule has 0 saturated carbocycles. The van der Waals surface area contributed by atoms with Crippen LogP contribution in [-0.2, 0) is 27.1 Å². The number of aryl methyl sites for hydroxylation is 2. The number of nitrogens with zero attached hydrogens (tertiary/aromatic N) is 2. The number of hydrogen-bond donors (Lipinski definition) is 0. The quantitative estimate of drug-likeness (QED) is 0.171. The van der Waals surface area contributed by atoms with Gasteiger partial charge in [0.25, 0.3) is 0 Å². The first-order valence-corrected chi connectivity index (χ1v) is 20.4. The van der Waals surface area contributed by atoms with Crippen molar-refractivity contribution >= 4 is 34.1 Å². The summed E-state index contributed by atoms with van der Waals surface area (Å²) in [5, 5.41) is 0. The van der Waals surface area contributed by atoms with E-state index in [1.54, 1.807) is 0 Å². The van der Waals surface area contributed by atoms with Crippen molar-refractivity contribution in [3.8, 4) is 0 Å². The van der Waals surface area contributed by atoms with Crippen LogP contribution in [0.5, 0.6) is 0 Å². The summed E-state index contributed by atoms with van der Waals surface area (Å²) >= 11 is 0. The van der Waals surface area contributed by atoms with Gasteiger partial charge in [-0.25, -0.2) is 0 Å². The van der Waals surface area contributed by atoms with Crippen molar-refractivity contribution in [2.24, 2.45) is 0 Å². The summed E-state index contributed by atoms with van der Waals surface area (Å²) in [6, 6.07) is 37.6. The van der Waals surface area contributed by atoms with E-state index in [-0.39, 0.29) is 27.1 Å². The Morgan fingerprint density at radius 1 is 0.291 bits per heavy atom. The van der Waals surface area contributed by atoms with Crippen LogP contribution in [0.2, 0.25) is 0 Å². The van der Waals surface area contributed by atoms with Crippen LogP contribution in [0.25, 0.3) is 0 Å². The van der Waals surface area contributed by atoms with Gasteiger partial charge in [0.15, 0.2) is 0 Å². The third kappa shape index (κ3) is 9.06. The highest BCUT2D eigenvalue weighted by molar-refractivity contribution is 5.89. The highest BCUT2D eigenvalue weighted by Crippen LogP contribution is 2.49. The molecule has 0 saturated heterocycles. The van der Waals surface area contributed by atoms with Gasteiger partial charge in [-0.15, -0.1) is 0 Å². The Labute approximate surface area is 336 Å². The van der Waals surface area contributed by atoms with E-state index in [0.29, 0.717) is 0 Å². The summed E-state index contributed by atoms with van der Waals surface area (Å²) in [6.07, 6.45) is 0. The second kappa shape index (κ2) is 14.6. The summed E-state index contributed by atoms with van der Waals surface area (Å²) in [4.78, 5) is 5.06. The highest BCUT2D eigenvalue weighted by Gasteiger charge is 2.29. The van der Waals surface area contributed by atoms with Crippen molar-refractivity contribution in [3.63, 3.8) is 0 Å². The molecule has 0 bridgehead atoms. The Balaban J connectivity index is 1.92. The molecule has 5 aromatic carbocycles. The molecule has 0 heterocycles. The van der Waals surface area contributed by atoms with Crippen LogP contribution in [0.3, 0.4) is 0 Å². The minimum Gasteiger partial charge on any atom is -0.310 e. The number of hydrogen-bond acceptors (Lipinski definition) is 2. The van der Waals surface area contributed by atoms with Gasteiger partial charge < -0.3 is 9.80 Å². The Morgan fingerprint density at radius 2 is 0.545 bits per heavy atom. The van der Waals surface area contributed by atoms with E-state index in [4.69, 9.17) is 0 Å². The molecule has 0 aliphatic heterocycles. The smallest absolute Gasteiger partial charge is 0.0514 e. The zero-order valence-corrected chi connectivity index (χ0v) is 37.6. The van der Waals surface area contributed by atoms with E-state index >= 15 is 0 Å². The van der Waals surface area contributed by atoms with Gasteiger partial charge in [0.1, 0.15) is 0 Å². The first-order valence-electron chi connectivity index (χ1n) is 20.4. The summed E-state index contributed by atoms with van der Waals surface area (Å²) in [5.41, 5.74) is 17.5. The Kier molecular flexibility index (Phi) is 11.1. The zero-order chi connectivity index (χ0) is 41.1. The molecule has 0 aliphatic rings. The molecular formula is C53H70N2. The Hall–Kier alpha value is -4.30. The predicted octanol–water partition coefficient (Wildman–Crippen LogP) is 16.0. The second-order valence-electron chi connectivity index (χ2n) is 21.2. The molecule has 0 N–H and O–H groups in total. The van der Waals surface area contributed by atoms with Crippen LogP contribution < -0.4 is 9.80 Å². The lowest BCUT2D eigenvalue weighted by Gasteiger charge is -2.36. The predicted molar refractivity (Wildman–Crippen MR) is 244 cm³/mol. The molecule has 5 aromatic rings. The molecule has 0 amide bonds. The van der Waals surface area contributed by atoms with Gasteiger partial charge in [-0.3, -0.25) is 0 Å². The van der Waals surface area contributed by atoms with Gasteiger partial charge >= 0.3 is 0 Å². The van der Waals surface area contributed by atoms with Gasteiger partial charge in [-0.2, -0.15) is 0 Å². The van der Waals surface area contributed by atoms with Crippen LogP contribution in [0.4, 0.5) is 34.1 Å². The van der Waals surface area contributed by atoms with Gasteiger partial charge in [0, 0.05) is 22.7 Å². The topological polar surface area (TPSA) is 6.48 Å². The molecule has 55 heavy (non-hydrogen) atoms. The SMILES string of the molecule is Cc1ccc(C(C)(C)C)cc1N(c1ccc(C(C)(C)C)cc1)c1cc(C(C)(C)C)cc(N(c2ccc(C(C)(C)C)cc2)c2cc(C(C)(C)C)ccc2C)c1C. The summed E-state index contributed by atoms with van der Waals surface area (Å²) in [5.74, 6) is 0. The van der Waals surface area contributed by atoms with Crippen molar-refractivity contribution < 1.29 is 0 Å². The van der Waals surface area contributed by atoms with Gasteiger partial charge in [0.2, 0.25) is 0 Å². The fraction of sp³-hybridized carbons (Fsp3) is 0.434. The van der Waals surface area contributed by atoms with Gasteiger partial charge in [-0.1, -0.05) is 152 Å². The maximum absolute atomic E-state index is 2.53. The average molecular weight is 735 g/mol. The highest BCUT2D eigenvalue weighted by atomic mass is 15.2. The largest absolute Gasteiger partial charge is 0.310 e. The molecule has 2 nitrogen and oxygen atoms in total. The third-order valence-corrected chi connectivity index (χ3v) is 11.3. The normalized spacial score (nSPS) is 12.9. The first-order chi connectivity index (χ1) is 25.2. The molecule has 5 rings (SSSR count). The van der Waals surface area contributed by atoms with Crippen LogP contribution in [0.15, 0.2) is 97.1 Å². The van der Waals surface area contributed by atoms with Crippen LogP contribution in [0, 0.1) is 20.8 Å². The van der Waals surface area contributed by atoms with Crippen LogP contribution in [-0.4, -0.2) is 0 Å². The maximum Gasteiger partial charge on any atom is 0.0514 e. The van der Waals surface area contributed by atoms with Crippen molar-refractivity contribution in [1.29, 1.82) is 0 Å². The van der Waals surface area contributed by atoms with E-state index in [2.05, 4.69) is 231 Å². The fourth-order valence-corrected chi connectivity index (χ4v) is 7.25. The lowest BCUT2D eigenvalue weighted by atomic mass is 9.84. The molecular weight excluding hydrogens is 665 g/mol. The summed E-state index contributed by atoms with van der Waals surface area (Å²) in [7, 11) is 0. The lowest BCUT2D eigenvalue weighted by Crippen LogP contribution is -2.21. The first kappa shape index (κ1) is 41.9. The van der Waals surface area contributed by atoms with Gasteiger partial charge in [0.05, 0.1) is 11.4 Å². The van der Waals surface area contributed by atoms with Crippen molar-refractivity contribution in [1.82, 2.24) is 0 Å². The summed E-state index contributed by atoms with van der Waals surface area (Å²) < 4.78 is 0. The molecule has 292 valence electrons. The molecule has 0 aliphatic carbocycles. The van der Waals surface area contributed by atoms with E-state index in [1.807, 2.05) is 0 Å².